The van der Waals surface area contributed by atoms with Gasteiger partial charge in [-0.2, -0.15) is 0 Å². The summed E-state index contributed by atoms with van der Waals surface area (Å²) in [7, 11) is 0. The molecule has 0 radical (unpaired) electrons. The molecule has 0 amide bonds. The predicted molar refractivity (Wildman–Crippen MR) is 24.2 cm³/mol. The lowest BCUT2D eigenvalue weighted by molar-refractivity contribution is 0.621. The van der Waals surface area contributed by atoms with Gasteiger partial charge in [0.25, 0.3) is 0 Å². The fraction of sp³-hybridized carbons (Fsp3) is 0. The first-order valence-corrected chi connectivity index (χ1v) is 1.95. The van der Waals surface area contributed by atoms with Crippen LogP contribution < -0.4 is 0 Å². The fourth-order valence-electron chi connectivity index (χ4n) is 0.342. The zero-order valence-corrected chi connectivity index (χ0v) is 3.63. The van der Waals surface area contributed by atoms with E-state index in [1.54, 1.807) is 6.07 Å². The summed E-state index contributed by atoms with van der Waals surface area (Å²) < 4.78 is 11.8. The molecule has 36 valence electrons. The van der Waals surface area contributed by atoms with E-state index in [1.807, 2.05) is 0 Å². The van der Waals surface area contributed by atoms with Gasteiger partial charge in [-0.15, -0.1) is 0 Å². The number of halogens is 1. The van der Waals surface area contributed by atoms with E-state index < -0.39 is 0 Å². The number of pyridine rings is 1. The lowest BCUT2D eigenvalue weighted by atomic mass is 10.5. The Morgan fingerprint density at radius 1 is 1.57 bits per heavy atom. The maximum Gasteiger partial charge on any atom is 0.141 e. The van der Waals surface area contributed by atoms with Crippen molar-refractivity contribution in [3.8, 4) is 0 Å². The second-order valence-electron chi connectivity index (χ2n) is 1.17. The second kappa shape index (κ2) is 1.69. The molecule has 0 bridgehead atoms. The second-order valence-corrected chi connectivity index (χ2v) is 1.17. The quantitative estimate of drug-likeness (QED) is 0.475. The van der Waals surface area contributed by atoms with Crippen molar-refractivity contribution >= 4 is 0 Å². The Balaban J connectivity index is 3.02. The lowest BCUT2D eigenvalue weighted by Crippen LogP contribution is -1.70. The van der Waals surface area contributed by atoms with Crippen molar-refractivity contribution in [1.29, 1.82) is 0 Å². The van der Waals surface area contributed by atoms with Crippen molar-refractivity contribution in [2.75, 3.05) is 0 Å². The van der Waals surface area contributed by atoms with Crippen LogP contribution in [0.25, 0.3) is 0 Å². The molecule has 0 N–H and O–H groups in total. The SMILES string of the molecule is Fc1ccc[15n]c1. The van der Waals surface area contributed by atoms with Crippen LogP contribution in [0.1, 0.15) is 0 Å². The molecule has 2 heteroatoms. The fourth-order valence-corrected chi connectivity index (χ4v) is 0.342. The van der Waals surface area contributed by atoms with Gasteiger partial charge in [0.2, 0.25) is 0 Å². The van der Waals surface area contributed by atoms with Gasteiger partial charge in [-0.25, -0.2) is 4.39 Å². The Kier molecular flexibility index (Phi) is 1.02. The summed E-state index contributed by atoms with van der Waals surface area (Å²) in [5, 5.41) is 0. The first-order chi connectivity index (χ1) is 3.39. The zero-order chi connectivity index (χ0) is 5.11. The highest BCUT2D eigenvalue weighted by molar-refractivity contribution is 4.92. The van der Waals surface area contributed by atoms with Gasteiger partial charge in [0.05, 0.1) is 6.20 Å². The van der Waals surface area contributed by atoms with Gasteiger partial charge in [0.15, 0.2) is 0 Å². The molecule has 1 heterocycles. The Hall–Kier alpha value is -0.920. The highest BCUT2D eigenvalue weighted by Gasteiger charge is 1.78. The minimum atomic E-state index is -0.289. The molecular formula is C5H4FN. The molecule has 0 aromatic carbocycles. The number of hydrogen-bond acceptors (Lipinski definition) is 1. The third-order valence-electron chi connectivity index (χ3n) is 0.625. The molecule has 0 saturated heterocycles. The highest BCUT2D eigenvalue weighted by atomic mass is 19.1. The summed E-state index contributed by atoms with van der Waals surface area (Å²) in [6, 6.07) is 2.91. The number of hydrogen-bond donors (Lipinski definition) is 0. The molecule has 0 aliphatic carbocycles. The Morgan fingerprint density at radius 2 is 2.43 bits per heavy atom. The van der Waals surface area contributed by atoms with Gasteiger partial charge < -0.3 is 0 Å². The minimum Gasteiger partial charge on any atom is -0.262 e. The average molecular weight is 98.1 g/mol. The monoisotopic (exact) mass is 98.0 g/mol. The van der Waals surface area contributed by atoms with E-state index in [4.69, 9.17) is 0 Å². The van der Waals surface area contributed by atoms with Crippen LogP contribution in [0, 0.1) is 5.82 Å². The van der Waals surface area contributed by atoms with Gasteiger partial charge >= 0.3 is 0 Å². The first-order valence-electron chi connectivity index (χ1n) is 1.95. The Labute approximate surface area is 40.8 Å². The maximum atomic E-state index is 11.8. The van der Waals surface area contributed by atoms with E-state index >= 15 is 0 Å². The van der Waals surface area contributed by atoms with Crippen LogP contribution in [0.5, 0.6) is 0 Å². The van der Waals surface area contributed by atoms with Crippen LogP contribution in [-0.4, -0.2) is 4.98 Å². The molecule has 1 nitrogen and oxygen atoms in total. The van der Waals surface area contributed by atoms with Crippen LogP contribution in [-0.2, 0) is 0 Å². The van der Waals surface area contributed by atoms with E-state index in [0.29, 0.717) is 0 Å². The van der Waals surface area contributed by atoms with Crippen LogP contribution in [0.2, 0.25) is 0 Å². The van der Waals surface area contributed by atoms with Gasteiger partial charge in [-0.05, 0) is 12.1 Å². The van der Waals surface area contributed by atoms with Gasteiger partial charge in [0, 0.05) is 6.20 Å². The molecule has 0 unspecified atom stereocenters. The largest absolute Gasteiger partial charge is 0.262 e. The Morgan fingerprint density at radius 3 is 2.71 bits per heavy atom. The summed E-state index contributed by atoms with van der Waals surface area (Å²) in [4.78, 5) is 3.51. The molecule has 1 aromatic heterocycles. The molecule has 1 rings (SSSR count). The Bertz CT molecular complexity index is 138. The minimum absolute atomic E-state index is 0.289. The van der Waals surface area contributed by atoms with E-state index in [0.717, 1.165) is 0 Å². The number of aromatic nitrogens is 1. The van der Waals surface area contributed by atoms with Gasteiger partial charge in [-0.1, -0.05) is 0 Å². The van der Waals surface area contributed by atoms with Crippen LogP contribution >= 0.6 is 0 Å². The van der Waals surface area contributed by atoms with Crippen LogP contribution in [0.3, 0.4) is 0 Å². The van der Waals surface area contributed by atoms with Crippen LogP contribution in [0.15, 0.2) is 24.5 Å². The first kappa shape index (κ1) is 4.24. The predicted octanol–water partition coefficient (Wildman–Crippen LogP) is 1.22. The van der Waals surface area contributed by atoms with Crippen molar-refractivity contribution < 1.29 is 4.39 Å². The molecule has 0 saturated carbocycles. The summed E-state index contributed by atoms with van der Waals surface area (Å²) in [5.74, 6) is -0.289. The van der Waals surface area contributed by atoms with Crippen molar-refractivity contribution in [2.24, 2.45) is 0 Å². The molecule has 0 aliphatic rings. The molecule has 0 fully saturated rings. The third-order valence-corrected chi connectivity index (χ3v) is 0.625. The van der Waals surface area contributed by atoms with Crippen molar-refractivity contribution in [3.63, 3.8) is 0 Å². The maximum absolute atomic E-state index is 11.8. The highest BCUT2D eigenvalue weighted by Crippen LogP contribution is 1.87. The van der Waals surface area contributed by atoms with Gasteiger partial charge in [-0.3, -0.25) is 4.98 Å². The molecule has 7 heavy (non-hydrogen) atoms. The molecule has 0 spiro atoms. The number of nitrogens with zero attached hydrogens (tertiary/aromatic N) is 1. The van der Waals surface area contributed by atoms with Crippen molar-refractivity contribution in [1.82, 2.24) is 4.98 Å². The molecular weight excluding hydrogens is 94.1 g/mol. The summed E-state index contributed by atoms with van der Waals surface area (Å²) in [6.07, 6.45) is 2.70. The number of rotatable bonds is 0. The van der Waals surface area contributed by atoms with Crippen LogP contribution in [0.4, 0.5) is 4.39 Å². The lowest BCUT2D eigenvalue weighted by Gasteiger charge is -1.78. The summed E-state index contributed by atoms with van der Waals surface area (Å²) >= 11 is 0. The average Bonchev–Trinajstić information content (AvgIpc) is 1.69. The summed E-state index contributed by atoms with van der Waals surface area (Å²) in [5.41, 5.74) is 0. The van der Waals surface area contributed by atoms with E-state index in [-0.39, 0.29) is 5.82 Å². The normalized spacial score (nSPS) is 8.71. The standard InChI is InChI=1S/C5H4FN/c6-5-2-1-3-7-4-5/h1-4H/i7+1. The molecule has 1 aromatic rings. The van der Waals surface area contributed by atoms with Gasteiger partial charge in [0.1, 0.15) is 5.82 Å². The van der Waals surface area contributed by atoms with E-state index in [2.05, 4.69) is 4.98 Å². The van der Waals surface area contributed by atoms with Crippen molar-refractivity contribution in [3.05, 3.63) is 30.3 Å². The van der Waals surface area contributed by atoms with Crippen molar-refractivity contribution in [2.45, 2.75) is 0 Å². The zero-order valence-electron chi connectivity index (χ0n) is 3.63. The van der Waals surface area contributed by atoms with E-state index in [1.165, 1.54) is 18.5 Å². The topological polar surface area (TPSA) is 12.9 Å². The molecule has 0 atom stereocenters. The van der Waals surface area contributed by atoms with E-state index in [9.17, 15) is 4.39 Å². The third kappa shape index (κ3) is 0.961. The smallest absolute Gasteiger partial charge is 0.141 e. The molecule has 0 aliphatic heterocycles. The summed E-state index contributed by atoms with van der Waals surface area (Å²) in [6.45, 7) is 0.